The molecule has 0 atom stereocenters. The zero-order chi connectivity index (χ0) is 28.2. The van der Waals surface area contributed by atoms with Gasteiger partial charge in [-0.1, -0.05) is 6.07 Å². The van der Waals surface area contributed by atoms with E-state index in [-0.39, 0.29) is 23.7 Å². The van der Waals surface area contributed by atoms with Gasteiger partial charge in [0.1, 0.15) is 11.4 Å². The number of anilines is 2. The monoisotopic (exact) mass is 546 g/mol. The molecule has 40 heavy (non-hydrogen) atoms. The van der Waals surface area contributed by atoms with Gasteiger partial charge in [-0.05, 0) is 82.0 Å². The number of piperazine rings is 1. The van der Waals surface area contributed by atoms with Crippen molar-refractivity contribution in [3.63, 3.8) is 0 Å². The van der Waals surface area contributed by atoms with Gasteiger partial charge in [-0.3, -0.25) is 14.4 Å². The molecule has 1 aliphatic heterocycles. The van der Waals surface area contributed by atoms with Crippen LogP contribution in [0.1, 0.15) is 50.0 Å². The zero-order valence-electron chi connectivity index (χ0n) is 23.3. The Bertz CT molecular complexity index is 1370. The summed E-state index contributed by atoms with van der Waals surface area (Å²) < 4.78 is 7.77. The third kappa shape index (κ3) is 5.64. The van der Waals surface area contributed by atoms with Crippen LogP contribution in [0.5, 0.6) is 5.75 Å². The predicted octanol–water partition coefficient (Wildman–Crippen LogP) is 4.85. The Balaban J connectivity index is 1.18. The van der Waals surface area contributed by atoms with Crippen LogP contribution in [0.4, 0.5) is 11.4 Å². The highest BCUT2D eigenvalue weighted by atomic mass is 16.5. The molecule has 0 unspecified atom stereocenters. The van der Waals surface area contributed by atoms with E-state index in [1.54, 1.807) is 0 Å². The number of rotatable bonds is 8. The lowest BCUT2D eigenvalue weighted by Crippen LogP contribution is -2.50. The van der Waals surface area contributed by atoms with E-state index in [1.165, 1.54) is 0 Å². The van der Waals surface area contributed by atoms with Crippen LogP contribution in [0.15, 0.2) is 48.5 Å². The predicted molar refractivity (Wildman–Crippen MR) is 155 cm³/mol. The maximum atomic E-state index is 13.3. The fourth-order valence-electron chi connectivity index (χ4n) is 6.05. The second-order valence-electron chi connectivity index (χ2n) is 10.6. The molecule has 9 heteroatoms. The molecule has 3 aromatic rings. The van der Waals surface area contributed by atoms with Crippen LogP contribution in [-0.2, 0) is 16.1 Å². The van der Waals surface area contributed by atoms with Crippen LogP contribution >= 0.6 is 0 Å². The number of hydrogen-bond donors (Lipinski definition) is 2. The van der Waals surface area contributed by atoms with E-state index < -0.39 is 5.97 Å². The molecule has 9 nitrogen and oxygen atoms in total. The number of carbonyl (C=O) groups is 3. The molecule has 1 saturated carbocycles. The van der Waals surface area contributed by atoms with Gasteiger partial charge in [-0.2, -0.15) is 0 Å². The van der Waals surface area contributed by atoms with Crippen molar-refractivity contribution in [2.24, 2.45) is 11.8 Å². The molecule has 2 aromatic carbocycles. The highest BCUT2D eigenvalue weighted by molar-refractivity contribution is 6.07. The van der Waals surface area contributed by atoms with Crippen molar-refractivity contribution in [2.45, 2.75) is 46.1 Å². The Hall–Kier alpha value is -4.01. The number of amides is 2. The van der Waals surface area contributed by atoms with E-state index >= 15 is 0 Å². The fourth-order valence-corrected chi connectivity index (χ4v) is 6.05. The summed E-state index contributed by atoms with van der Waals surface area (Å²) in [5, 5.41) is 13.2. The number of nitrogens with zero attached hydrogens (tertiary/aromatic N) is 3. The number of ether oxygens (including phenoxy) is 1. The first-order valence-electron chi connectivity index (χ1n) is 14.3. The lowest BCUT2D eigenvalue weighted by atomic mass is 9.81. The van der Waals surface area contributed by atoms with Gasteiger partial charge in [-0.15, -0.1) is 0 Å². The summed E-state index contributed by atoms with van der Waals surface area (Å²) in [6.07, 6.45) is 2.50. The van der Waals surface area contributed by atoms with Gasteiger partial charge in [0.05, 0.1) is 18.0 Å². The normalized spacial score (nSPS) is 19.4. The summed E-state index contributed by atoms with van der Waals surface area (Å²) in [6.45, 7) is 7.98. The average molecular weight is 547 g/mol. The van der Waals surface area contributed by atoms with Crippen molar-refractivity contribution in [1.82, 2.24) is 9.47 Å². The smallest absolute Gasteiger partial charge is 0.306 e. The number of fused-ring (bicyclic) bond motifs is 1. The van der Waals surface area contributed by atoms with Crippen LogP contribution in [0, 0.1) is 11.8 Å². The standard InChI is InChI=1S/C31H38N4O5/c1-3-35-26-6-5-7-28(40-4-2)25(26)20-27(35)29(36)32-23-12-14-24(15-13-23)33-16-18-34(19-17-33)30(37)21-8-10-22(11-9-21)31(38)39/h5-7,12-15,20-22H,3-4,8-11,16-19H2,1-2H3,(H,32,36)(H,38,39)/t21-,22-. The van der Waals surface area contributed by atoms with E-state index in [2.05, 4.69) is 10.2 Å². The second kappa shape index (κ2) is 12.0. The molecule has 0 radical (unpaired) electrons. The number of benzene rings is 2. The molecule has 1 aliphatic carbocycles. The Morgan fingerprint density at radius 1 is 0.925 bits per heavy atom. The summed E-state index contributed by atoms with van der Waals surface area (Å²) >= 11 is 0. The highest BCUT2D eigenvalue weighted by Gasteiger charge is 2.33. The number of hydrogen-bond acceptors (Lipinski definition) is 5. The molecule has 0 bridgehead atoms. The number of aliphatic carboxylic acids is 1. The minimum atomic E-state index is -0.745. The van der Waals surface area contributed by atoms with Crippen molar-refractivity contribution >= 4 is 40.1 Å². The zero-order valence-corrected chi connectivity index (χ0v) is 23.3. The van der Waals surface area contributed by atoms with Gasteiger partial charge in [0.2, 0.25) is 5.91 Å². The summed E-state index contributed by atoms with van der Waals surface area (Å²) in [7, 11) is 0. The van der Waals surface area contributed by atoms with Crippen molar-refractivity contribution in [3.05, 3.63) is 54.2 Å². The Morgan fingerprint density at radius 2 is 1.60 bits per heavy atom. The topological polar surface area (TPSA) is 104 Å². The van der Waals surface area contributed by atoms with E-state index in [4.69, 9.17) is 4.74 Å². The molecule has 2 amide bonds. The molecule has 1 saturated heterocycles. The molecule has 2 fully saturated rings. The Kier molecular flexibility index (Phi) is 8.28. The Morgan fingerprint density at radius 3 is 2.23 bits per heavy atom. The number of aryl methyl sites for hydroxylation is 1. The van der Waals surface area contributed by atoms with Gasteiger partial charge in [0, 0.05) is 55.4 Å². The van der Waals surface area contributed by atoms with E-state index in [0.717, 1.165) is 41.1 Å². The van der Waals surface area contributed by atoms with Crippen LogP contribution in [0.3, 0.4) is 0 Å². The first kappa shape index (κ1) is 27.6. The average Bonchev–Trinajstić information content (AvgIpc) is 3.37. The van der Waals surface area contributed by atoms with Crippen molar-refractivity contribution in [2.75, 3.05) is 43.0 Å². The quantitative estimate of drug-likeness (QED) is 0.419. The first-order chi connectivity index (χ1) is 19.4. The molecule has 0 spiro atoms. The number of carbonyl (C=O) groups excluding carboxylic acids is 2. The molecule has 212 valence electrons. The van der Waals surface area contributed by atoms with Gasteiger partial charge >= 0.3 is 5.97 Å². The minimum Gasteiger partial charge on any atom is -0.493 e. The number of nitrogens with one attached hydrogen (secondary N) is 1. The summed E-state index contributed by atoms with van der Waals surface area (Å²) in [5.74, 6) is -0.332. The van der Waals surface area contributed by atoms with Crippen LogP contribution in [0.25, 0.3) is 10.9 Å². The lowest BCUT2D eigenvalue weighted by molar-refractivity contribution is -0.145. The van der Waals surface area contributed by atoms with Crippen LogP contribution in [0.2, 0.25) is 0 Å². The SMILES string of the molecule is CCOc1cccc2c1cc(C(=O)Nc1ccc(N3CCN(C(=O)[C@H]4CC[C@H](C(=O)O)CC4)CC3)cc1)n2CC. The molecular weight excluding hydrogens is 508 g/mol. The van der Waals surface area contributed by atoms with Gasteiger partial charge in [-0.25, -0.2) is 0 Å². The molecular formula is C31H38N4O5. The van der Waals surface area contributed by atoms with E-state index in [1.807, 2.05) is 71.8 Å². The molecule has 5 rings (SSSR count). The third-order valence-electron chi connectivity index (χ3n) is 8.26. The number of aromatic nitrogens is 1. The van der Waals surface area contributed by atoms with Gasteiger partial charge < -0.3 is 29.5 Å². The molecule has 2 aliphatic rings. The number of carboxylic acids is 1. The summed E-state index contributed by atoms with van der Waals surface area (Å²) in [6, 6.07) is 15.6. The summed E-state index contributed by atoms with van der Waals surface area (Å²) in [4.78, 5) is 41.6. The van der Waals surface area contributed by atoms with Gasteiger partial charge in [0.15, 0.2) is 0 Å². The van der Waals surface area contributed by atoms with Crippen LogP contribution in [-0.4, -0.2) is 65.1 Å². The van der Waals surface area contributed by atoms with E-state index in [9.17, 15) is 19.5 Å². The second-order valence-corrected chi connectivity index (χ2v) is 10.6. The first-order valence-corrected chi connectivity index (χ1v) is 14.3. The molecule has 2 heterocycles. The highest BCUT2D eigenvalue weighted by Crippen LogP contribution is 2.32. The maximum absolute atomic E-state index is 13.3. The van der Waals surface area contributed by atoms with E-state index in [0.29, 0.717) is 57.6 Å². The largest absolute Gasteiger partial charge is 0.493 e. The van der Waals surface area contributed by atoms with Crippen LogP contribution < -0.4 is 15.0 Å². The van der Waals surface area contributed by atoms with Crippen molar-refractivity contribution < 1.29 is 24.2 Å². The lowest BCUT2D eigenvalue weighted by Gasteiger charge is -2.38. The minimum absolute atomic E-state index is 0.0535. The number of carboxylic acid groups (broad SMARTS) is 1. The van der Waals surface area contributed by atoms with Gasteiger partial charge in [0.25, 0.3) is 5.91 Å². The Labute approximate surface area is 234 Å². The van der Waals surface area contributed by atoms with Crippen molar-refractivity contribution in [1.29, 1.82) is 0 Å². The third-order valence-corrected chi connectivity index (χ3v) is 8.26. The van der Waals surface area contributed by atoms with Crippen molar-refractivity contribution in [3.8, 4) is 5.75 Å². The summed E-state index contributed by atoms with van der Waals surface area (Å²) in [5.41, 5.74) is 3.33. The fraction of sp³-hybridized carbons (Fsp3) is 0.452. The molecule has 2 N–H and O–H groups in total. The maximum Gasteiger partial charge on any atom is 0.306 e. The molecule has 1 aromatic heterocycles.